The van der Waals surface area contributed by atoms with E-state index in [-0.39, 0.29) is 22.5 Å². The summed E-state index contributed by atoms with van der Waals surface area (Å²) >= 11 is 0. The van der Waals surface area contributed by atoms with Gasteiger partial charge in [0.2, 0.25) is 0 Å². The fourth-order valence-electron chi connectivity index (χ4n) is 0.966. The lowest BCUT2D eigenvalue weighted by Gasteiger charge is -2.01. The molecule has 69 valence electrons. The van der Waals surface area contributed by atoms with Crippen LogP contribution in [0.1, 0.15) is 26.2 Å². The Morgan fingerprint density at radius 3 is 2.00 bits per heavy atom. The molecule has 1 saturated heterocycles. The normalized spacial score (nSPS) is 19.9. The van der Waals surface area contributed by atoms with Crippen molar-refractivity contribution in [3.05, 3.63) is 0 Å². The second-order valence-electron chi connectivity index (χ2n) is 2.04. The van der Waals surface area contributed by atoms with E-state index in [1.807, 2.05) is 0 Å². The summed E-state index contributed by atoms with van der Waals surface area (Å²) in [4.78, 5) is 0. The zero-order chi connectivity index (χ0) is 5.11. The highest BCUT2D eigenvalue weighted by molar-refractivity contribution is 5.75. The molecule has 1 heterocycles. The van der Waals surface area contributed by atoms with Crippen molar-refractivity contribution < 1.29 is 18.9 Å². The van der Waals surface area contributed by atoms with Gasteiger partial charge in [-0.3, -0.25) is 14.1 Å². The van der Waals surface area contributed by atoms with Crippen LogP contribution in [0, 0.1) is 0 Å². The van der Waals surface area contributed by atoms with Crippen molar-refractivity contribution in [1.82, 2.24) is 0 Å². The van der Waals surface area contributed by atoms with E-state index in [0.29, 0.717) is 6.10 Å². The predicted octanol–water partition coefficient (Wildman–Crippen LogP) is 1.65. The van der Waals surface area contributed by atoms with Gasteiger partial charge in [-0.15, -0.1) is 0 Å². The average Bonchev–Trinajstić information content (AvgIpc) is 2.14. The van der Waals surface area contributed by atoms with Gasteiger partial charge in [0.15, 0.2) is 0 Å². The topological polar surface area (TPSA) is 9.23 Å². The van der Waals surface area contributed by atoms with Crippen LogP contribution in [0.3, 0.4) is 0 Å². The van der Waals surface area contributed by atoms with Crippen LogP contribution in [0.4, 0.5) is 14.1 Å². The van der Waals surface area contributed by atoms with Gasteiger partial charge in [0.05, 0.1) is 6.10 Å². The zero-order valence-electron chi connectivity index (χ0n) is 6.62. The van der Waals surface area contributed by atoms with Crippen molar-refractivity contribution in [2.24, 2.45) is 0 Å². The van der Waals surface area contributed by atoms with Gasteiger partial charge < -0.3 is 4.74 Å². The molecule has 0 aromatic carbocycles. The number of halogens is 3. The minimum Gasteiger partial charge on any atom is -0.378 e. The third kappa shape index (κ3) is 7.71. The number of hydrogen-bond donors (Lipinski definition) is 0. The van der Waals surface area contributed by atoms with Crippen LogP contribution in [0.5, 0.6) is 0 Å². The highest BCUT2D eigenvalue weighted by atomic mass is 19.0. The van der Waals surface area contributed by atoms with E-state index in [1.165, 1.54) is 19.3 Å². The zero-order valence-corrected chi connectivity index (χ0v) is 6.62. The molecule has 11 heavy (non-hydrogen) atoms. The summed E-state index contributed by atoms with van der Waals surface area (Å²) in [5.74, 6) is 0. The monoisotopic (exact) mass is 171 g/mol. The maximum atomic E-state index is 5.30. The second kappa shape index (κ2) is 12.5. The Bertz CT molecular complexity index is 59.8. The fraction of sp³-hybridized carbons (Fsp3) is 1.00. The second-order valence-corrected chi connectivity index (χ2v) is 2.04. The Kier molecular flexibility index (Phi) is 25.5. The van der Waals surface area contributed by atoms with Crippen LogP contribution in [0.25, 0.3) is 0 Å². The molecular weight excluding hydrogens is 156 g/mol. The van der Waals surface area contributed by atoms with Crippen molar-refractivity contribution in [1.29, 1.82) is 0 Å². The lowest BCUT2D eigenvalue weighted by molar-refractivity contribution is 0.108. The van der Waals surface area contributed by atoms with Gasteiger partial charge in [-0.1, -0.05) is 6.92 Å². The quantitative estimate of drug-likeness (QED) is 0.545. The Labute approximate surface area is 67.2 Å². The largest absolute Gasteiger partial charge is 0.378 e. The molecule has 1 unspecified atom stereocenters. The Morgan fingerprint density at radius 2 is 1.82 bits per heavy atom. The molecule has 5 heteroatoms. The minimum atomic E-state index is 0. The molecule has 3 radical (unpaired) electrons. The predicted molar refractivity (Wildman–Crippen MR) is 42.5 cm³/mol. The fourth-order valence-corrected chi connectivity index (χ4v) is 0.966. The summed E-state index contributed by atoms with van der Waals surface area (Å²) < 4.78 is 5.30. The summed E-state index contributed by atoms with van der Waals surface area (Å²) in [6.45, 7) is 3.18. The molecular formula is C6H15BF3O. The van der Waals surface area contributed by atoms with Crippen LogP contribution in [0.2, 0.25) is 0 Å². The lowest BCUT2D eigenvalue weighted by atomic mass is 10.2. The van der Waals surface area contributed by atoms with Crippen molar-refractivity contribution in [2.45, 2.75) is 32.3 Å². The van der Waals surface area contributed by atoms with Crippen LogP contribution < -0.4 is 0 Å². The molecule has 1 aliphatic rings. The van der Waals surface area contributed by atoms with Gasteiger partial charge in [0.25, 0.3) is 0 Å². The molecule has 1 rings (SSSR count). The van der Waals surface area contributed by atoms with Crippen molar-refractivity contribution in [3.8, 4) is 0 Å². The molecule has 1 fully saturated rings. The van der Waals surface area contributed by atoms with Crippen molar-refractivity contribution in [3.63, 3.8) is 0 Å². The van der Waals surface area contributed by atoms with Crippen LogP contribution in [0.15, 0.2) is 0 Å². The minimum absolute atomic E-state index is 0. The summed E-state index contributed by atoms with van der Waals surface area (Å²) in [6, 6.07) is 0. The molecule has 1 aliphatic heterocycles. The Hall–Kier alpha value is -0.185. The molecule has 0 spiro atoms. The Balaban J connectivity index is -0.0000000612. The summed E-state index contributed by atoms with van der Waals surface area (Å²) in [6.07, 6.45) is 4.36. The first-order chi connectivity index (χ1) is 3.43. The summed E-state index contributed by atoms with van der Waals surface area (Å²) in [7, 11) is 0. The highest BCUT2D eigenvalue weighted by Crippen LogP contribution is 2.13. The smallest absolute Gasteiger partial charge is 0.0573 e. The number of ether oxygens (including phenoxy) is 1. The summed E-state index contributed by atoms with van der Waals surface area (Å²) in [5.41, 5.74) is 0. The molecule has 0 bridgehead atoms. The van der Waals surface area contributed by atoms with E-state index in [2.05, 4.69) is 6.92 Å². The van der Waals surface area contributed by atoms with Gasteiger partial charge in [0.1, 0.15) is 0 Å². The van der Waals surface area contributed by atoms with E-state index in [4.69, 9.17) is 4.74 Å². The van der Waals surface area contributed by atoms with E-state index >= 15 is 0 Å². The van der Waals surface area contributed by atoms with E-state index in [9.17, 15) is 0 Å². The van der Waals surface area contributed by atoms with Crippen molar-refractivity contribution >= 4 is 8.41 Å². The molecule has 1 nitrogen and oxygen atoms in total. The van der Waals surface area contributed by atoms with Crippen LogP contribution in [-0.4, -0.2) is 21.1 Å². The first-order valence-corrected chi connectivity index (χ1v) is 3.05. The first-order valence-electron chi connectivity index (χ1n) is 3.05. The maximum absolute atomic E-state index is 5.30. The van der Waals surface area contributed by atoms with Gasteiger partial charge in [-0.2, -0.15) is 0 Å². The van der Waals surface area contributed by atoms with Gasteiger partial charge in [-0.05, 0) is 19.3 Å². The maximum Gasteiger partial charge on any atom is 0.0573 e. The molecule has 1 atom stereocenters. The first kappa shape index (κ1) is 22.4. The number of rotatable bonds is 1. The van der Waals surface area contributed by atoms with Crippen molar-refractivity contribution in [2.75, 3.05) is 6.61 Å². The lowest BCUT2D eigenvalue weighted by Crippen LogP contribution is -2.00. The number of hydrogen-bond acceptors (Lipinski definition) is 1. The third-order valence-corrected chi connectivity index (χ3v) is 1.48. The van der Waals surface area contributed by atoms with E-state index < -0.39 is 0 Å². The standard InChI is InChI=1S/C6H12O.B.3FH/c1-2-6-4-3-5-7-6;;;;/h6H,2-5H2,1H3;;3*1H. The van der Waals surface area contributed by atoms with Crippen LogP contribution in [-0.2, 0) is 4.74 Å². The molecule has 0 amide bonds. The SMILES string of the molecule is CCC1CCCO1.F.F.F.[B]. The Morgan fingerprint density at radius 1 is 1.27 bits per heavy atom. The highest BCUT2D eigenvalue weighted by Gasteiger charge is 2.11. The van der Waals surface area contributed by atoms with Gasteiger partial charge in [-0.25, -0.2) is 0 Å². The van der Waals surface area contributed by atoms with E-state index in [1.54, 1.807) is 0 Å². The molecule has 0 aromatic heterocycles. The summed E-state index contributed by atoms with van der Waals surface area (Å²) in [5, 5.41) is 0. The molecule has 0 saturated carbocycles. The van der Waals surface area contributed by atoms with Crippen LogP contribution >= 0.6 is 0 Å². The average molecular weight is 171 g/mol. The van der Waals surface area contributed by atoms with Gasteiger partial charge in [0, 0.05) is 15.0 Å². The molecule has 0 aromatic rings. The van der Waals surface area contributed by atoms with E-state index in [0.717, 1.165) is 6.61 Å². The molecule has 0 N–H and O–H groups in total. The molecule has 0 aliphatic carbocycles. The van der Waals surface area contributed by atoms with Gasteiger partial charge >= 0.3 is 0 Å². The third-order valence-electron chi connectivity index (χ3n) is 1.48.